The molecule has 0 saturated carbocycles. The zero-order chi connectivity index (χ0) is 37.1. The van der Waals surface area contributed by atoms with Gasteiger partial charge >= 0.3 is 0 Å². The number of para-hydroxylation sites is 3. The molecule has 264 valence electrons. The number of hydrogen-bond donors (Lipinski definition) is 0. The van der Waals surface area contributed by atoms with Crippen molar-refractivity contribution >= 4 is 82.5 Å². The topological polar surface area (TPSA) is 29.5 Å². The Morgan fingerprint density at radius 2 is 0.964 bits per heavy atom. The number of fused-ring (bicyclic) bond motifs is 13. The van der Waals surface area contributed by atoms with Crippen molar-refractivity contribution < 1.29 is 8.83 Å². The zero-order valence-electron chi connectivity index (χ0n) is 31.0. The molecular weight excluding hydrogens is 683 g/mol. The minimum Gasteiger partial charge on any atom is -0.455 e. The molecule has 0 fully saturated rings. The Kier molecular flexibility index (Phi) is 6.40. The molecule has 2 heterocycles. The van der Waals surface area contributed by atoms with Crippen LogP contribution in [0.3, 0.4) is 0 Å². The molecule has 0 saturated heterocycles. The van der Waals surface area contributed by atoms with Crippen LogP contribution in [0, 0.1) is 0 Å². The highest BCUT2D eigenvalue weighted by Crippen LogP contribution is 2.51. The molecule has 1 aliphatic rings. The Morgan fingerprint density at radius 1 is 0.393 bits per heavy atom. The van der Waals surface area contributed by atoms with Crippen LogP contribution in [0.25, 0.3) is 87.7 Å². The largest absolute Gasteiger partial charge is 0.455 e. The van der Waals surface area contributed by atoms with Gasteiger partial charge in [0.05, 0.1) is 0 Å². The van der Waals surface area contributed by atoms with E-state index in [2.05, 4.69) is 176 Å². The van der Waals surface area contributed by atoms with Crippen LogP contribution in [-0.4, -0.2) is 0 Å². The normalized spacial score (nSPS) is 13.3. The molecule has 11 aromatic rings. The second-order valence-electron chi connectivity index (χ2n) is 15.7. The number of hydrogen-bond acceptors (Lipinski definition) is 3. The first kappa shape index (κ1) is 31.3. The molecule has 0 atom stereocenters. The van der Waals surface area contributed by atoms with E-state index in [0.29, 0.717) is 0 Å². The average molecular weight is 718 g/mol. The van der Waals surface area contributed by atoms with Gasteiger partial charge in [0.15, 0.2) is 0 Å². The maximum atomic E-state index is 6.55. The highest BCUT2D eigenvalue weighted by Gasteiger charge is 2.35. The molecule has 0 bridgehead atoms. The molecular formula is C53H35NO2. The van der Waals surface area contributed by atoms with E-state index in [1.54, 1.807) is 0 Å². The highest BCUT2D eigenvalue weighted by molar-refractivity contribution is 6.23. The van der Waals surface area contributed by atoms with Crippen molar-refractivity contribution in [2.24, 2.45) is 0 Å². The Hall–Kier alpha value is -7.10. The Balaban J connectivity index is 1.04. The maximum absolute atomic E-state index is 6.55. The van der Waals surface area contributed by atoms with Crippen LogP contribution < -0.4 is 4.90 Å². The van der Waals surface area contributed by atoms with Gasteiger partial charge in [0, 0.05) is 55.0 Å². The van der Waals surface area contributed by atoms with Crippen LogP contribution in [0.2, 0.25) is 0 Å². The van der Waals surface area contributed by atoms with Crippen molar-refractivity contribution in [3.63, 3.8) is 0 Å². The fraction of sp³-hybridized carbons (Fsp3) is 0.0566. The summed E-state index contributed by atoms with van der Waals surface area (Å²) in [6.07, 6.45) is 0. The van der Waals surface area contributed by atoms with Gasteiger partial charge < -0.3 is 13.7 Å². The lowest BCUT2D eigenvalue weighted by molar-refractivity contribution is 0.660. The van der Waals surface area contributed by atoms with Crippen LogP contribution in [0.5, 0.6) is 0 Å². The summed E-state index contributed by atoms with van der Waals surface area (Å²) in [5.74, 6) is 0. The van der Waals surface area contributed by atoms with Crippen LogP contribution in [0.4, 0.5) is 17.1 Å². The molecule has 12 rings (SSSR count). The third-order valence-corrected chi connectivity index (χ3v) is 12.3. The van der Waals surface area contributed by atoms with Gasteiger partial charge in [0.1, 0.15) is 22.3 Å². The lowest BCUT2D eigenvalue weighted by atomic mass is 9.82. The molecule has 56 heavy (non-hydrogen) atoms. The smallest absolute Gasteiger partial charge is 0.143 e. The summed E-state index contributed by atoms with van der Waals surface area (Å²) >= 11 is 0. The van der Waals surface area contributed by atoms with Crippen molar-refractivity contribution in [2.45, 2.75) is 19.3 Å². The number of nitrogens with zero attached hydrogens (tertiary/aromatic N) is 1. The monoisotopic (exact) mass is 717 g/mol. The summed E-state index contributed by atoms with van der Waals surface area (Å²) in [4.78, 5) is 2.40. The van der Waals surface area contributed by atoms with Gasteiger partial charge in [-0.15, -0.1) is 0 Å². The molecule has 3 heteroatoms. The summed E-state index contributed by atoms with van der Waals surface area (Å²) in [7, 11) is 0. The molecule has 0 aliphatic heterocycles. The van der Waals surface area contributed by atoms with E-state index in [0.717, 1.165) is 82.8 Å². The SMILES string of the molecule is CC1(C)c2ccccc2-c2ccc(N(c3ccc(-c4cccc5c4oc4ccccc45)cc3)c3ccc4c(ccc5ccc6c7ccccc7oc6c54)c3)cc21. The van der Waals surface area contributed by atoms with E-state index in [9.17, 15) is 0 Å². The number of benzene rings is 9. The third-order valence-electron chi connectivity index (χ3n) is 12.3. The summed E-state index contributed by atoms with van der Waals surface area (Å²) in [5, 5.41) is 9.22. The lowest BCUT2D eigenvalue weighted by Gasteiger charge is -2.28. The second kappa shape index (κ2) is 11.5. The van der Waals surface area contributed by atoms with E-state index in [4.69, 9.17) is 8.83 Å². The fourth-order valence-corrected chi connectivity index (χ4v) is 9.50. The summed E-state index contributed by atoms with van der Waals surface area (Å²) in [5.41, 5.74) is 14.4. The molecule has 3 nitrogen and oxygen atoms in total. The van der Waals surface area contributed by atoms with Gasteiger partial charge in [-0.05, 0) is 98.6 Å². The van der Waals surface area contributed by atoms with E-state index in [-0.39, 0.29) is 5.41 Å². The molecule has 0 amide bonds. The first-order chi connectivity index (χ1) is 27.5. The molecule has 0 radical (unpaired) electrons. The maximum Gasteiger partial charge on any atom is 0.143 e. The average Bonchev–Trinajstić information content (AvgIpc) is 3.89. The summed E-state index contributed by atoms with van der Waals surface area (Å²) in [6.45, 7) is 4.69. The van der Waals surface area contributed by atoms with Crippen molar-refractivity contribution in [3.8, 4) is 22.3 Å². The van der Waals surface area contributed by atoms with E-state index in [1.165, 1.54) is 33.0 Å². The number of furan rings is 2. The molecule has 2 aromatic heterocycles. The van der Waals surface area contributed by atoms with Gasteiger partial charge in [-0.25, -0.2) is 0 Å². The van der Waals surface area contributed by atoms with Gasteiger partial charge in [-0.3, -0.25) is 0 Å². The Morgan fingerprint density at radius 3 is 1.79 bits per heavy atom. The Labute approximate surface area is 323 Å². The Bertz CT molecular complexity index is 3400. The number of anilines is 3. The summed E-state index contributed by atoms with van der Waals surface area (Å²) in [6, 6.07) is 63.5. The highest BCUT2D eigenvalue weighted by atomic mass is 16.3. The molecule has 9 aromatic carbocycles. The van der Waals surface area contributed by atoms with Crippen molar-refractivity contribution in [1.82, 2.24) is 0 Å². The van der Waals surface area contributed by atoms with Gasteiger partial charge in [0.25, 0.3) is 0 Å². The zero-order valence-corrected chi connectivity index (χ0v) is 31.0. The molecule has 0 spiro atoms. The molecule has 0 N–H and O–H groups in total. The minimum absolute atomic E-state index is 0.122. The third kappa shape index (κ3) is 4.40. The van der Waals surface area contributed by atoms with Crippen molar-refractivity contribution in [2.75, 3.05) is 4.90 Å². The van der Waals surface area contributed by atoms with Gasteiger partial charge in [-0.1, -0.05) is 135 Å². The van der Waals surface area contributed by atoms with Crippen LogP contribution in [-0.2, 0) is 5.41 Å². The second-order valence-corrected chi connectivity index (χ2v) is 15.7. The van der Waals surface area contributed by atoms with Crippen molar-refractivity contribution in [3.05, 3.63) is 187 Å². The molecule has 1 aliphatic carbocycles. The fourth-order valence-electron chi connectivity index (χ4n) is 9.50. The predicted molar refractivity (Wildman–Crippen MR) is 234 cm³/mol. The standard InChI is InChI=1S/C53H35NO2/c1-53(2)46-15-6-3-10-40(46)41-29-26-37(31-47(41)53)54(35-23-20-32(21-24-35)39-13-9-14-44-42-11-4-7-16-48(42)55-51(39)44)36-25-28-38-34(30-36)19-18-33-22-27-45-43-12-5-8-17-49(43)56-52(45)50(33)38/h3-31H,1-2H3. The van der Waals surface area contributed by atoms with E-state index in [1.807, 2.05) is 18.2 Å². The van der Waals surface area contributed by atoms with Gasteiger partial charge in [-0.2, -0.15) is 0 Å². The van der Waals surface area contributed by atoms with Crippen molar-refractivity contribution in [1.29, 1.82) is 0 Å². The molecule has 0 unspecified atom stereocenters. The van der Waals surface area contributed by atoms with Crippen LogP contribution in [0.15, 0.2) is 185 Å². The van der Waals surface area contributed by atoms with Crippen LogP contribution in [0.1, 0.15) is 25.0 Å². The lowest BCUT2D eigenvalue weighted by Crippen LogP contribution is -2.16. The first-order valence-electron chi connectivity index (χ1n) is 19.3. The van der Waals surface area contributed by atoms with E-state index < -0.39 is 0 Å². The van der Waals surface area contributed by atoms with Gasteiger partial charge in [0.2, 0.25) is 0 Å². The number of rotatable bonds is 4. The predicted octanol–water partition coefficient (Wildman–Crippen LogP) is 15.2. The minimum atomic E-state index is -0.122. The van der Waals surface area contributed by atoms with E-state index >= 15 is 0 Å². The summed E-state index contributed by atoms with van der Waals surface area (Å²) < 4.78 is 13.0. The first-order valence-corrected chi connectivity index (χ1v) is 19.3. The van der Waals surface area contributed by atoms with Crippen LogP contribution >= 0.6 is 0 Å². The quantitative estimate of drug-likeness (QED) is 0.170.